The maximum Gasteiger partial charge on any atom is 0.0385 e. The van der Waals surface area contributed by atoms with Crippen LogP contribution in [0.25, 0.3) is 0 Å². The van der Waals surface area contributed by atoms with E-state index in [1.807, 2.05) is 0 Å². The Balaban J connectivity index is 2.33. The molecule has 0 fully saturated rings. The van der Waals surface area contributed by atoms with Crippen molar-refractivity contribution in [2.75, 3.05) is 5.73 Å². The first-order valence-corrected chi connectivity index (χ1v) is 6.47. The van der Waals surface area contributed by atoms with Crippen molar-refractivity contribution >= 4 is 28.3 Å². The van der Waals surface area contributed by atoms with Crippen molar-refractivity contribution in [1.29, 1.82) is 0 Å². The summed E-state index contributed by atoms with van der Waals surface area (Å²) in [6.07, 6.45) is 7.54. The summed E-state index contributed by atoms with van der Waals surface area (Å²) in [6, 6.07) is 0. The summed E-state index contributed by atoms with van der Waals surface area (Å²) >= 11 is 2.53. The predicted molar refractivity (Wildman–Crippen MR) is 67.6 cm³/mol. The normalized spacial score (nSPS) is 18.4. The van der Waals surface area contributed by atoms with Crippen LogP contribution in [0.1, 0.15) is 35.1 Å². The van der Waals surface area contributed by atoms with Crippen LogP contribution < -0.4 is 5.73 Å². The number of benzene rings is 1. The Labute approximate surface area is 98.2 Å². The van der Waals surface area contributed by atoms with Gasteiger partial charge in [0.25, 0.3) is 0 Å². The molecule has 2 aliphatic rings. The van der Waals surface area contributed by atoms with Crippen molar-refractivity contribution in [2.24, 2.45) is 0 Å². The van der Waals surface area contributed by atoms with E-state index in [1.165, 1.54) is 53.2 Å². The average molecular weight is 299 g/mol. The van der Waals surface area contributed by atoms with Crippen LogP contribution in [0.4, 0.5) is 5.69 Å². The van der Waals surface area contributed by atoms with Crippen LogP contribution in [-0.2, 0) is 25.7 Å². The van der Waals surface area contributed by atoms with Crippen LogP contribution in [0.2, 0.25) is 0 Å². The third-order valence-corrected chi connectivity index (χ3v) is 4.92. The molecular weight excluding hydrogens is 285 g/mol. The summed E-state index contributed by atoms with van der Waals surface area (Å²) < 4.78 is 1.54. The molecule has 74 valence electrons. The topological polar surface area (TPSA) is 26.0 Å². The first kappa shape index (κ1) is 9.01. The largest absolute Gasteiger partial charge is 0.398 e. The van der Waals surface area contributed by atoms with Gasteiger partial charge in [-0.25, -0.2) is 0 Å². The van der Waals surface area contributed by atoms with Gasteiger partial charge in [0.1, 0.15) is 0 Å². The smallest absolute Gasteiger partial charge is 0.0385 e. The van der Waals surface area contributed by atoms with Gasteiger partial charge in [-0.1, -0.05) is 0 Å². The van der Waals surface area contributed by atoms with Crippen molar-refractivity contribution in [2.45, 2.75) is 38.5 Å². The van der Waals surface area contributed by atoms with Crippen LogP contribution in [0.15, 0.2) is 0 Å². The highest BCUT2D eigenvalue weighted by molar-refractivity contribution is 14.1. The fourth-order valence-corrected chi connectivity index (χ4v) is 4.12. The number of rotatable bonds is 0. The number of hydrogen-bond acceptors (Lipinski definition) is 1. The lowest BCUT2D eigenvalue weighted by Crippen LogP contribution is -2.03. The number of hydrogen-bond donors (Lipinski definition) is 1. The zero-order chi connectivity index (χ0) is 9.71. The Morgan fingerprint density at radius 1 is 0.786 bits per heavy atom. The quantitative estimate of drug-likeness (QED) is 0.578. The summed E-state index contributed by atoms with van der Waals surface area (Å²) in [6.45, 7) is 0. The third-order valence-electron chi connectivity index (χ3n) is 3.62. The lowest BCUT2D eigenvalue weighted by molar-refractivity contribution is 0.896. The van der Waals surface area contributed by atoms with E-state index in [0.717, 1.165) is 5.69 Å². The van der Waals surface area contributed by atoms with Gasteiger partial charge in [0.15, 0.2) is 0 Å². The van der Waals surface area contributed by atoms with Gasteiger partial charge in [-0.05, 0) is 83.4 Å². The van der Waals surface area contributed by atoms with E-state index in [9.17, 15) is 0 Å². The molecule has 3 rings (SSSR count). The molecule has 14 heavy (non-hydrogen) atoms. The Hall–Kier alpha value is -0.250. The van der Waals surface area contributed by atoms with Crippen LogP contribution in [-0.4, -0.2) is 0 Å². The first-order chi connectivity index (χ1) is 6.79. The van der Waals surface area contributed by atoms with Gasteiger partial charge in [0.05, 0.1) is 0 Å². The maximum absolute atomic E-state index is 6.25. The highest BCUT2D eigenvalue weighted by atomic mass is 127. The van der Waals surface area contributed by atoms with E-state index in [2.05, 4.69) is 22.6 Å². The Morgan fingerprint density at radius 3 is 1.71 bits per heavy atom. The van der Waals surface area contributed by atoms with Gasteiger partial charge < -0.3 is 5.73 Å². The lowest BCUT2D eigenvalue weighted by atomic mass is 9.99. The number of fused-ring (bicyclic) bond motifs is 2. The highest BCUT2D eigenvalue weighted by Gasteiger charge is 2.25. The lowest BCUT2D eigenvalue weighted by Gasteiger charge is -2.13. The molecule has 0 atom stereocenters. The molecule has 0 heterocycles. The number of nitrogen functional groups attached to an aromatic ring is 1. The van der Waals surface area contributed by atoms with E-state index in [-0.39, 0.29) is 0 Å². The second-order valence-corrected chi connectivity index (χ2v) is 5.43. The molecule has 2 N–H and O–H groups in total. The molecule has 0 spiro atoms. The molecule has 2 heteroatoms. The molecule has 0 saturated heterocycles. The summed E-state index contributed by atoms with van der Waals surface area (Å²) in [5.74, 6) is 0. The van der Waals surface area contributed by atoms with Crippen molar-refractivity contribution in [3.63, 3.8) is 0 Å². The fourth-order valence-electron chi connectivity index (χ4n) is 2.93. The van der Waals surface area contributed by atoms with E-state index in [1.54, 1.807) is 11.1 Å². The van der Waals surface area contributed by atoms with Crippen LogP contribution >= 0.6 is 22.6 Å². The van der Waals surface area contributed by atoms with Gasteiger partial charge in [-0.15, -0.1) is 0 Å². The Kier molecular flexibility index (Phi) is 2.01. The van der Waals surface area contributed by atoms with E-state index in [0.29, 0.717) is 0 Å². The third kappa shape index (κ3) is 1.06. The highest BCUT2D eigenvalue weighted by Crippen LogP contribution is 2.40. The van der Waals surface area contributed by atoms with Crippen LogP contribution in [0.3, 0.4) is 0 Å². The Bertz CT molecular complexity index is 337. The molecule has 0 amide bonds. The van der Waals surface area contributed by atoms with Gasteiger partial charge in [-0.3, -0.25) is 0 Å². The zero-order valence-corrected chi connectivity index (χ0v) is 10.4. The first-order valence-electron chi connectivity index (χ1n) is 5.39. The van der Waals surface area contributed by atoms with Crippen molar-refractivity contribution in [3.8, 4) is 0 Å². The molecule has 1 aromatic carbocycles. The van der Waals surface area contributed by atoms with Gasteiger partial charge in [0.2, 0.25) is 0 Å². The minimum atomic E-state index is 1.14. The molecule has 0 radical (unpaired) electrons. The van der Waals surface area contributed by atoms with E-state index >= 15 is 0 Å². The van der Waals surface area contributed by atoms with Gasteiger partial charge in [0, 0.05) is 9.26 Å². The number of anilines is 1. The Morgan fingerprint density at radius 2 is 1.21 bits per heavy atom. The minimum absolute atomic E-state index is 1.14. The average Bonchev–Trinajstić information content (AvgIpc) is 2.82. The molecule has 0 aromatic heterocycles. The fraction of sp³-hybridized carbons (Fsp3) is 0.500. The van der Waals surface area contributed by atoms with Crippen molar-refractivity contribution in [3.05, 3.63) is 25.8 Å². The summed E-state index contributed by atoms with van der Waals surface area (Å²) in [5.41, 5.74) is 13.5. The number of nitrogens with two attached hydrogens (primary N) is 1. The molecular formula is C12H14IN. The van der Waals surface area contributed by atoms with E-state index in [4.69, 9.17) is 5.73 Å². The van der Waals surface area contributed by atoms with Crippen molar-refractivity contribution < 1.29 is 0 Å². The molecule has 0 aliphatic heterocycles. The van der Waals surface area contributed by atoms with Crippen LogP contribution in [0.5, 0.6) is 0 Å². The minimum Gasteiger partial charge on any atom is -0.398 e. The summed E-state index contributed by atoms with van der Waals surface area (Å²) in [5, 5.41) is 0. The molecule has 0 bridgehead atoms. The summed E-state index contributed by atoms with van der Waals surface area (Å²) in [7, 11) is 0. The second-order valence-electron chi connectivity index (χ2n) is 4.35. The monoisotopic (exact) mass is 299 g/mol. The molecule has 1 nitrogen and oxygen atoms in total. The standard InChI is InChI=1S/C12H14IN/c13-11-7-3-1-5-9(7)12(14)10-6-2-4-8(10)11/h1-6,14H2. The van der Waals surface area contributed by atoms with Gasteiger partial charge >= 0.3 is 0 Å². The van der Waals surface area contributed by atoms with Crippen molar-refractivity contribution in [1.82, 2.24) is 0 Å². The molecule has 1 aromatic rings. The SMILES string of the molecule is Nc1c2c(c(I)c3c1CCC3)CCC2. The zero-order valence-electron chi connectivity index (χ0n) is 8.20. The predicted octanol–water partition coefficient (Wildman–Crippen LogP) is 2.85. The molecule has 0 saturated carbocycles. The van der Waals surface area contributed by atoms with Gasteiger partial charge in [-0.2, -0.15) is 0 Å². The molecule has 2 aliphatic carbocycles. The second kappa shape index (κ2) is 3.12. The van der Waals surface area contributed by atoms with E-state index < -0.39 is 0 Å². The molecule has 0 unspecified atom stereocenters. The summed E-state index contributed by atoms with van der Waals surface area (Å²) in [4.78, 5) is 0. The number of halogens is 1. The van der Waals surface area contributed by atoms with Crippen LogP contribution in [0, 0.1) is 3.57 Å². The maximum atomic E-state index is 6.25.